The van der Waals surface area contributed by atoms with E-state index in [0.717, 1.165) is 12.1 Å². The molecule has 0 saturated heterocycles. The molecule has 0 spiro atoms. The molecule has 1 N–H and O–H groups in total. The summed E-state index contributed by atoms with van der Waals surface area (Å²) in [5.74, 6) is -0.907. The first-order chi connectivity index (χ1) is 11.1. The maximum atomic E-state index is 12.7. The Morgan fingerprint density at radius 2 is 1.83 bits per heavy atom. The third-order valence-corrected chi connectivity index (χ3v) is 4.33. The number of para-hydroxylation sites is 1. The summed E-state index contributed by atoms with van der Waals surface area (Å²) >= 11 is 0. The highest BCUT2D eigenvalue weighted by molar-refractivity contribution is 5.96. The van der Waals surface area contributed by atoms with Crippen LogP contribution in [0.2, 0.25) is 0 Å². The van der Waals surface area contributed by atoms with Crippen LogP contribution in [0.25, 0.3) is 0 Å². The molecule has 118 valence electrons. The Kier molecular flexibility index (Phi) is 4.15. The summed E-state index contributed by atoms with van der Waals surface area (Å²) in [6.07, 6.45) is 1.61. The predicted molar refractivity (Wildman–Crippen MR) is 88.8 cm³/mol. The van der Waals surface area contributed by atoms with Crippen LogP contribution in [-0.4, -0.2) is 23.0 Å². The van der Waals surface area contributed by atoms with Crippen molar-refractivity contribution in [1.29, 1.82) is 0 Å². The Labute approximate surface area is 135 Å². The van der Waals surface area contributed by atoms with Crippen LogP contribution in [0, 0.1) is 0 Å². The van der Waals surface area contributed by atoms with E-state index < -0.39 is 5.97 Å². The fourth-order valence-corrected chi connectivity index (χ4v) is 3.25. The maximum Gasteiger partial charge on any atom is 0.335 e. The zero-order valence-electron chi connectivity index (χ0n) is 13.0. The first kappa shape index (κ1) is 15.3. The quantitative estimate of drug-likeness (QED) is 0.943. The molecule has 23 heavy (non-hydrogen) atoms. The van der Waals surface area contributed by atoms with E-state index in [1.54, 1.807) is 24.3 Å². The van der Waals surface area contributed by atoms with Crippen molar-refractivity contribution in [3.05, 3.63) is 65.2 Å². The Hall–Kier alpha value is -2.62. The molecule has 1 aliphatic heterocycles. The van der Waals surface area contributed by atoms with E-state index >= 15 is 0 Å². The monoisotopic (exact) mass is 309 g/mol. The SMILES string of the molecule is CC1Cc2ccccc2N1C(=O)CCc1ccccc1C(=O)O. The van der Waals surface area contributed by atoms with Gasteiger partial charge in [-0.25, -0.2) is 4.79 Å². The van der Waals surface area contributed by atoms with E-state index in [1.165, 1.54) is 5.56 Å². The molecule has 1 amide bonds. The number of carboxylic acid groups (broad SMARTS) is 1. The number of anilines is 1. The van der Waals surface area contributed by atoms with Crippen LogP contribution in [0.5, 0.6) is 0 Å². The molecule has 0 aromatic heterocycles. The summed E-state index contributed by atoms with van der Waals surface area (Å²) in [7, 11) is 0. The second-order valence-electron chi connectivity index (χ2n) is 5.91. The van der Waals surface area contributed by atoms with E-state index in [-0.39, 0.29) is 17.5 Å². The van der Waals surface area contributed by atoms with Crippen LogP contribution in [0.15, 0.2) is 48.5 Å². The van der Waals surface area contributed by atoms with Crippen molar-refractivity contribution in [2.75, 3.05) is 4.90 Å². The highest BCUT2D eigenvalue weighted by Crippen LogP contribution is 2.32. The van der Waals surface area contributed by atoms with E-state index in [9.17, 15) is 14.7 Å². The second kappa shape index (κ2) is 6.24. The Morgan fingerprint density at radius 1 is 1.13 bits per heavy atom. The van der Waals surface area contributed by atoms with Gasteiger partial charge < -0.3 is 10.0 Å². The Morgan fingerprint density at radius 3 is 2.61 bits per heavy atom. The van der Waals surface area contributed by atoms with Crippen LogP contribution in [0.4, 0.5) is 5.69 Å². The van der Waals surface area contributed by atoms with Crippen molar-refractivity contribution in [3.8, 4) is 0 Å². The second-order valence-corrected chi connectivity index (χ2v) is 5.91. The molecule has 4 heteroatoms. The maximum absolute atomic E-state index is 12.7. The fraction of sp³-hybridized carbons (Fsp3) is 0.263. The van der Waals surface area contributed by atoms with Crippen molar-refractivity contribution in [3.63, 3.8) is 0 Å². The number of hydrogen-bond donors (Lipinski definition) is 1. The van der Waals surface area contributed by atoms with Gasteiger partial charge in [0.05, 0.1) is 5.56 Å². The summed E-state index contributed by atoms with van der Waals surface area (Å²) < 4.78 is 0. The van der Waals surface area contributed by atoms with Crippen LogP contribution in [0.3, 0.4) is 0 Å². The number of fused-ring (bicyclic) bond motifs is 1. The fourth-order valence-electron chi connectivity index (χ4n) is 3.25. The number of carbonyl (C=O) groups excluding carboxylic acids is 1. The van der Waals surface area contributed by atoms with Gasteiger partial charge in [-0.05, 0) is 43.0 Å². The zero-order valence-corrected chi connectivity index (χ0v) is 13.0. The smallest absolute Gasteiger partial charge is 0.335 e. The van der Waals surface area contributed by atoms with E-state index in [0.29, 0.717) is 18.4 Å². The summed E-state index contributed by atoms with van der Waals surface area (Å²) in [5, 5.41) is 9.22. The lowest BCUT2D eigenvalue weighted by Gasteiger charge is -2.23. The number of carbonyl (C=O) groups is 2. The zero-order chi connectivity index (χ0) is 16.4. The highest BCUT2D eigenvalue weighted by atomic mass is 16.4. The molecule has 1 unspecified atom stereocenters. The molecular weight excluding hydrogens is 290 g/mol. The van der Waals surface area contributed by atoms with Crippen molar-refractivity contribution in [2.45, 2.75) is 32.2 Å². The minimum absolute atomic E-state index is 0.0441. The molecule has 2 aromatic rings. The number of carboxylic acids is 1. The number of benzene rings is 2. The molecule has 0 radical (unpaired) electrons. The van der Waals surface area contributed by atoms with Gasteiger partial charge in [-0.2, -0.15) is 0 Å². The van der Waals surface area contributed by atoms with Crippen LogP contribution in [0.1, 0.15) is 34.8 Å². The molecule has 4 nitrogen and oxygen atoms in total. The molecule has 3 rings (SSSR count). The molecule has 1 atom stereocenters. The Balaban J connectivity index is 1.75. The summed E-state index contributed by atoms with van der Waals surface area (Å²) in [6.45, 7) is 2.04. The van der Waals surface area contributed by atoms with Crippen LogP contribution < -0.4 is 4.90 Å². The lowest BCUT2D eigenvalue weighted by molar-refractivity contribution is -0.118. The summed E-state index contributed by atoms with van der Waals surface area (Å²) in [4.78, 5) is 25.7. The molecule has 0 aliphatic carbocycles. The molecule has 1 heterocycles. The molecule has 1 aliphatic rings. The molecule has 0 saturated carbocycles. The first-order valence-corrected chi connectivity index (χ1v) is 7.79. The van der Waals surface area contributed by atoms with Crippen molar-refractivity contribution in [1.82, 2.24) is 0 Å². The minimum atomic E-state index is -0.951. The predicted octanol–water partition coefficient (Wildman–Crippen LogP) is 3.30. The third kappa shape index (κ3) is 2.97. The van der Waals surface area contributed by atoms with Gasteiger partial charge in [0.1, 0.15) is 0 Å². The average Bonchev–Trinajstić information content (AvgIpc) is 2.88. The van der Waals surface area contributed by atoms with Gasteiger partial charge in [-0.3, -0.25) is 4.79 Å². The standard InChI is InChI=1S/C19H19NO3/c1-13-12-15-7-3-5-9-17(15)20(13)18(21)11-10-14-6-2-4-8-16(14)19(22)23/h2-9,13H,10-12H2,1H3,(H,22,23). The lowest BCUT2D eigenvalue weighted by Crippen LogP contribution is -2.35. The van der Waals surface area contributed by atoms with Gasteiger partial charge in [-0.15, -0.1) is 0 Å². The third-order valence-electron chi connectivity index (χ3n) is 4.33. The van der Waals surface area contributed by atoms with Gasteiger partial charge in [0.2, 0.25) is 5.91 Å². The van der Waals surface area contributed by atoms with Crippen LogP contribution in [-0.2, 0) is 17.6 Å². The highest BCUT2D eigenvalue weighted by Gasteiger charge is 2.30. The largest absolute Gasteiger partial charge is 0.478 e. The minimum Gasteiger partial charge on any atom is -0.478 e. The lowest BCUT2D eigenvalue weighted by atomic mass is 10.0. The van der Waals surface area contributed by atoms with Crippen LogP contribution >= 0.6 is 0 Å². The normalized spacial score (nSPS) is 16.2. The number of hydrogen-bond acceptors (Lipinski definition) is 2. The van der Waals surface area contributed by atoms with Crippen molar-refractivity contribution >= 4 is 17.6 Å². The number of nitrogens with zero attached hydrogens (tertiary/aromatic N) is 1. The average molecular weight is 309 g/mol. The van der Waals surface area contributed by atoms with Gasteiger partial charge >= 0.3 is 5.97 Å². The number of amides is 1. The molecular formula is C19H19NO3. The Bertz CT molecular complexity index is 754. The van der Waals surface area contributed by atoms with E-state index in [4.69, 9.17) is 0 Å². The number of aryl methyl sites for hydroxylation is 1. The molecule has 0 bridgehead atoms. The van der Waals surface area contributed by atoms with E-state index in [1.807, 2.05) is 30.0 Å². The van der Waals surface area contributed by atoms with Crippen molar-refractivity contribution in [2.24, 2.45) is 0 Å². The summed E-state index contributed by atoms with van der Waals surface area (Å²) in [5.41, 5.74) is 3.15. The topological polar surface area (TPSA) is 57.6 Å². The summed E-state index contributed by atoms with van der Waals surface area (Å²) in [6, 6.07) is 15.0. The van der Waals surface area contributed by atoms with Gasteiger partial charge in [-0.1, -0.05) is 36.4 Å². The number of rotatable bonds is 4. The van der Waals surface area contributed by atoms with Gasteiger partial charge in [0, 0.05) is 18.2 Å². The number of aromatic carboxylic acids is 1. The van der Waals surface area contributed by atoms with Gasteiger partial charge in [0.25, 0.3) is 0 Å². The van der Waals surface area contributed by atoms with Crippen molar-refractivity contribution < 1.29 is 14.7 Å². The first-order valence-electron chi connectivity index (χ1n) is 7.79. The molecule has 2 aromatic carbocycles. The van der Waals surface area contributed by atoms with E-state index in [2.05, 4.69) is 6.07 Å². The molecule has 0 fully saturated rings. The van der Waals surface area contributed by atoms with Gasteiger partial charge in [0.15, 0.2) is 0 Å².